The molecule has 1 aliphatic rings. The summed E-state index contributed by atoms with van der Waals surface area (Å²) in [7, 11) is 0. The molecule has 5 heteroatoms. The van der Waals surface area contributed by atoms with Crippen LogP contribution in [0.25, 0.3) is 0 Å². The average molecular weight is 308 g/mol. The number of halogens is 1. The zero-order chi connectivity index (χ0) is 16.5. The zero-order valence-corrected chi connectivity index (χ0v) is 13.0. The van der Waals surface area contributed by atoms with Gasteiger partial charge in [0.05, 0.1) is 11.7 Å². The van der Waals surface area contributed by atoms with Crippen LogP contribution in [-0.2, 0) is 6.42 Å². The van der Waals surface area contributed by atoms with Crippen LogP contribution in [0.2, 0.25) is 0 Å². The van der Waals surface area contributed by atoms with Crippen molar-refractivity contribution < 1.29 is 24.1 Å². The number of rotatable bonds is 4. The Labute approximate surface area is 129 Å². The minimum Gasteiger partial charge on any atom is -0.484 e. The number of carboxylic acid groups (broad SMARTS) is 1. The quantitative estimate of drug-likeness (QED) is 0.837. The standard InChI is InChI=1S/C17H21FO4/c1-10(2)5-4-6-17(3)15(19)8-11-7-12(16(20)21)13(18)9-14(11)22-17/h5,7,9,15,19H,4,6,8H2,1-3H3,(H,20,21)/t15-,17+/m0/s1. The van der Waals surface area contributed by atoms with E-state index in [-0.39, 0.29) is 6.42 Å². The maximum absolute atomic E-state index is 13.8. The molecule has 0 aromatic heterocycles. The van der Waals surface area contributed by atoms with Gasteiger partial charge in [-0.05, 0) is 45.2 Å². The van der Waals surface area contributed by atoms with E-state index < -0.39 is 29.1 Å². The first-order valence-electron chi connectivity index (χ1n) is 7.29. The number of fused-ring (bicyclic) bond motifs is 1. The maximum Gasteiger partial charge on any atom is 0.338 e. The first-order valence-corrected chi connectivity index (χ1v) is 7.29. The van der Waals surface area contributed by atoms with Gasteiger partial charge in [-0.2, -0.15) is 0 Å². The molecular formula is C17H21FO4. The largest absolute Gasteiger partial charge is 0.484 e. The summed E-state index contributed by atoms with van der Waals surface area (Å²) in [5.41, 5.74) is 0.496. The van der Waals surface area contributed by atoms with Crippen LogP contribution in [-0.4, -0.2) is 27.9 Å². The summed E-state index contributed by atoms with van der Waals surface area (Å²) >= 11 is 0. The summed E-state index contributed by atoms with van der Waals surface area (Å²) in [6.45, 7) is 5.79. The molecule has 0 saturated heterocycles. The molecule has 2 N–H and O–H groups in total. The highest BCUT2D eigenvalue weighted by atomic mass is 19.1. The number of carboxylic acids is 1. The first-order chi connectivity index (χ1) is 10.2. The number of allylic oxidation sites excluding steroid dienone is 2. The maximum atomic E-state index is 13.8. The van der Waals surface area contributed by atoms with Gasteiger partial charge in [-0.3, -0.25) is 0 Å². The molecule has 120 valence electrons. The molecule has 4 nitrogen and oxygen atoms in total. The Morgan fingerprint density at radius 2 is 2.18 bits per heavy atom. The number of benzene rings is 1. The van der Waals surface area contributed by atoms with Crippen LogP contribution in [0, 0.1) is 5.82 Å². The average Bonchev–Trinajstić information content (AvgIpc) is 2.39. The van der Waals surface area contributed by atoms with Gasteiger partial charge in [0.1, 0.15) is 17.2 Å². The molecule has 22 heavy (non-hydrogen) atoms. The molecule has 0 spiro atoms. The zero-order valence-electron chi connectivity index (χ0n) is 13.0. The summed E-state index contributed by atoms with van der Waals surface area (Å²) in [4.78, 5) is 11.0. The molecule has 1 aromatic rings. The van der Waals surface area contributed by atoms with Crippen molar-refractivity contribution in [2.24, 2.45) is 0 Å². The van der Waals surface area contributed by atoms with E-state index in [0.29, 0.717) is 17.7 Å². The van der Waals surface area contributed by atoms with Gasteiger partial charge in [0.2, 0.25) is 0 Å². The lowest BCUT2D eigenvalue weighted by atomic mass is 9.85. The molecule has 1 heterocycles. The lowest BCUT2D eigenvalue weighted by molar-refractivity contribution is -0.0589. The second-order valence-electron chi connectivity index (χ2n) is 6.20. The van der Waals surface area contributed by atoms with E-state index in [1.807, 2.05) is 13.8 Å². The van der Waals surface area contributed by atoms with Crippen LogP contribution >= 0.6 is 0 Å². The first kappa shape index (κ1) is 16.5. The fraction of sp³-hybridized carbons (Fsp3) is 0.471. The second-order valence-corrected chi connectivity index (χ2v) is 6.20. The highest BCUT2D eigenvalue weighted by Gasteiger charge is 2.40. The van der Waals surface area contributed by atoms with E-state index in [1.54, 1.807) is 6.92 Å². The second kappa shape index (κ2) is 6.08. The van der Waals surface area contributed by atoms with Crippen molar-refractivity contribution in [3.05, 3.63) is 40.7 Å². The Balaban J connectivity index is 2.27. The van der Waals surface area contributed by atoms with Crippen molar-refractivity contribution in [3.8, 4) is 5.75 Å². The molecule has 0 aliphatic carbocycles. The Morgan fingerprint density at radius 3 is 2.77 bits per heavy atom. The summed E-state index contributed by atoms with van der Waals surface area (Å²) in [6, 6.07) is 2.34. The number of hydrogen-bond acceptors (Lipinski definition) is 3. The number of carbonyl (C=O) groups is 1. The number of hydrogen-bond donors (Lipinski definition) is 2. The Morgan fingerprint density at radius 1 is 1.50 bits per heavy atom. The van der Waals surface area contributed by atoms with Gasteiger partial charge < -0.3 is 14.9 Å². The highest BCUT2D eigenvalue weighted by Crippen LogP contribution is 2.37. The van der Waals surface area contributed by atoms with E-state index in [9.17, 15) is 14.3 Å². The van der Waals surface area contributed by atoms with Gasteiger partial charge >= 0.3 is 5.97 Å². The lowest BCUT2D eigenvalue weighted by Gasteiger charge is -2.40. The predicted octanol–water partition coefficient (Wildman–Crippen LogP) is 3.32. The van der Waals surface area contributed by atoms with E-state index >= 15 is 0 Å². The summed E-state index contributed by atoms with van der Waals surface area (Å²) in [5.74, 6) is -1.84. The number of aromatic carboxylic acids is 1. The van der Waals surface area contributed by atoms with Crippen molar-refractivity contribution >= 4 is 5.97 Å². The lowest BCUT2D eigenvalue weighted by Crippen LogP contribution is -2.49. The monoisotopic (exact) mass is 308 g/mol. The van der Waals surface area contributed by atoms with E-state index in [2.05, 4.69) is 6.08 Å². The third-order valence-corrected chi connectivity index (χ3v) is 4.04. The Hall–Kier alpha value is -1.88. The molecular weight excluding hydrogens is 287 g/mol. The SMILES string of the molecule is CC(C)=CCC[C@@]1(C)Oc2cc(F)c(C(=O)O)cc2C[C@@H]1O. The minimum atomic E-state index is -1.33. The van der Waals surface area contributed by atoms with Crippen molar-refractivity contribution in [1.29, 1.82) is 0 Å². The number of ether oxygens (including phenoxy) is 1. The third kappa shape index (κ3) is 3.30. The van der Waals surface area contributed by atoms with Crippen molar-refractivity contribution in [2.45, 2.75) is 51.7 Å². The molecule has 1 aromatic carbocycles. The molecule has 2 rings (SSSR count). The fourth-order valence-corrected chi connectivity index (χ4v) is 2.63. The van der Waals surface area contributed by atoms with Crippen LogP contribution in [0.5, 0.6) is 5.75 Å². The van der Waals surface area contributed by atoms with Crippen LogP contribution in [0.1, 0.15) is 49.5 Å². The Bertz CT molecular complexity index is 619. The van der Waals surface area contributed by atoms with Crippen LogP contribution in [0.3, 0.4) is 0 Å². The smallest absolute Gasteiger partial charge is 0.338 e. The number of aliphatic hydroxyl groups is 1. The van der Waals surface area contributed by atoms with Gasteiger partial charge in [-0.25, -0.2) is 9.18 Å². The molecule has 1 aliphatic heterocycles. The molecule has 0 radical (unpaired) electrons. The van der Waals surface area contributed by atoms with Crippen LogP contribution < -0.4 is 4.74 Å². The Kier molecular flexibility index (Phi) is 4.56. The van der Waals surface area contributed by atoms with E-state index in [0.717, 1.165) is 12.5 Å². The fourth-order valence-electron chi connectivity index (χ4n) is 2.63. The number of aliphatic hydroxyl groups excluding tert-OH is 1. The minimum absolute atomic E-state index is 0.251. The van der Waals surface area contributed by atoms with Crippen molar-refractivity contribution in [3.63, 3.8) is 0 Å². The van der Waals surface area contributed by atoms with Gasteiger partial charge in [-0.1, -0.05) is 11.6 Å². The third-order valence-electron chi connectivity index (χ3n) is 4.04. The van der Waals surface area contributed by atoms with E-state index in [1.165, 1.54) is 11.6 Å². The van der Waals surface area contributed by atoms with Crippen LogP contribution in [0.15, 0.2) is 23.8 Å². The van der Waals surface area contributed by atoms with Crippen LogP contribution in [0.4, 0.5) is 4.39 Å². The molecule has 0 fully saturated rings. The predicted molar refractivity (Wildman–Crippen MR) is 80.8 cm³/mol. The molecule has 0 bridgehead atoms. The summed E-state index contributed by atoms with van der Waals surface area (Å²) < 4.78 is 19.6. The molecule has 2 atom stereocenters. The van der Waals surface area contributed by atoms with Gasteiger partial charge in [0, 0.05) is 12.5 Å². The van der Waals surface area contributed by atoms with Gasteiger partial charge in [0.15, 0.2) is 0 Å². The summed E-state index contributed by atoms with van der Waals surface area (Å²) in [6.07, 6.45) is 2.89. The van der Waals surface area contributed by atoms with Crippen molar-refractivity contribution in [1.82, 2.24) is 0 Å². The van der Waals surface area contributed by atoms with E-state index in [4.69, 9.17) is 9.84 Å². The topological polar surface area (TPSA) is 66.8 Å². The molecule has 0 amide bonds. The van der Waals surface area contributed by atoms with Gasteiger partial charge in [-0.15, -0.1) is 0 Å². The normalized spacial score (nSPS) is 23.4. The summed E-state index contributed by atoms with van der Waals surface area (Å²) in [5, 5.41) is 19.3. The molecule has 0 saturated carbocycles. The van der Waals surface area contributed by atoms with Crippen molar-refractivity contribution in [2.75, 3.05) is 0 Å². The highest BCUT2D eigenvalue weighted by molar-refractivity contribution is 5.88. The molecule has 0 unspecified atom stereocenters. The van der Waals surface area contributed by atoms with Gasteiger partial charge in [0.25, 0.3) is 0 Å².